The quantitative estimate of drug-likeness (QED) is 0.659. The van der Waals surface area contributed by atoms with Crippen molar-refractivity contribution in [3.05, 3.63) is 59.7 Å². The molecule has 2 aromatic rings. The van der Waals surface area contributed by atoms with Gasteiger partial charge in [-0.2, -0.15) is 0 Å². The van der Waals surface area contributed by atoms with E-state index < -0.39 is 6.10 Å². The van der Waals surface area contributed by atoms with E-state index in [0.717, 1.165) is 17.9 Å². The number of amides is 1. The van der Waals surface area contributed by atoms with Crippen LogP contribution in [0.15, 0.2) is 48.5 Å². The molecule has 0 heterocycles. The van der Waals surface area contributed by atoms with E-state index in [0.29, 0.717) is 18.3 Å². The Morgan fingerprint density at radius 1 is 1.03 bits per heavy atom. The van der Waals surface area contributed by atoms with E-state index >= 15 is 0 Å². The topological polar surface area (TPSA) is 50.8 Å². The highest BCUT2D eigenvalue weighted by atomic mass is 16.5. The zero-order valence-electron chi connectivity index (χ0n) is 18.4. The van der Waals surface area contributed by atoms with Crippen molar-refractivity contribution in [3.63, 3.8) is 0 Å². The molecule has 5 heteroatoms. The molecule has 1 fully saturated rings. The van der Waals surface area contributed by atoms with Gasteiger partial charge in [-0.25, -0.2) is 0 Å². The Morgan fingerprint density at radius 2 is 1.67 bits per heavy atom. The van der Waals surface area contributed by atoms with Gasteiger partial charge in [0.1, 0.15) is 11.5 Å². The molecule has 5 nitrogen and oxygen atoms in total. The molecule has 1 amide bonds. The molecule has 162 valence electrons. The molecule has 1 atom stereocenters. The van der Waals surface area contributed by atoms with Gasteiger partial charge in [0.25, 0.3) is 5.91 Å². The van der Waals surface area contributed by atoms with Crippen LogP contribution in [0.25, 0.3) is 0 Å². The number of rotatable bonds is 9. The number of nitrogens with one attached hydrogen (secondary N) is 1. The molecule has 1 unspecified atom stereocenters. The number of nitrogens with zero attached hydrogens (tertiary/aromatic N) is 1. The van der Waals surface area contributed by atoms with Crippen molar-refractivity contribution in [1.82, 2.24) is 10.2 Å². The average Bonchev–Trinajstić information content (AvgIpc) is 2.79. The first-order chi connectivity index (χ1) is 14.6. The number of benzene rings is 2. The van der Waals surface area contributed by atoms with Crippen molar-refractivity contribution < 1.29 is 14.3 Å². The van der Waals surface area contributed by atoms with Crippen LogP contribution >= 0.6 is 0 Å². The Hall–Kier alpha value is -2.53. The number of hydrogen-bond donors (Lipinski definition) is 1. The fourth-order valence-corrected chi connectivity index (χ4v) is 4.04. The summed E-state index contributed by atoms with van der Waals surface area (Å²) in [6, 6.07) is 16.3. The third kappa shape index (κ3) is 6.23. The summed E-state index contributed by atoms with van der Waals surface area (Å²) in [6.45, 7) is 3.18. The summed E-state index contributed by atoms with van der Waals surface area (Å²) >= 11 is 0. The molecule has 0 bridgehead atoms. The summed E-state index contributed by atoms with van der Waals surface area (Å²) in [5, 5.41) is 3.03. The lowest BCUT2D eigenvalue weighted by Crippen LogP contribution is -2.36. The van der Waals surface area contributed by atoms with Gasteiger partial charge in [0, 0.05) is 19.1 Å². The maximum absolute atomic E-state index is 12.6. The number of carbonyl (C=O) groups excluding carboxylic acids is 1. The SMILES string of the molecule is COc1ccc(OC(C)C(=O)NCc2ccccc2CN(C)C2CCCCC2)cc1. The van der Waals surface area contributed by atoms with Gasteiger partial charge in [-0.3, -0.25) is 9.69 Å². The first-order valence-corrected chi connectivity index (χ1v) is 10.9. The largest absolute Gasteiger partial charge is 0.497 e. The maximum atomic E-state index is 12.6. The molecule has 2 aromatic carbocycles. The standard InChI is InChI=1S/C25H34N2O3/c1-19(30-24-15-13-23(29-3)14-16-24)25(28)26-17-20-9-7-8-10-21(20)18-27(2)22-11-5-4-6-12-22/h7-10,13-16,19,22H,4-6,11-12,17-18H2,1-3H3,(H,26,28). The van der Waals surface area contributed by atoms with Crippen LogP contribution in [0.1, 0.15) is 50.2 Å². The van der Waals surface area contributed by atoms with Crippen molar-refractivity contribution in [2.75, 3.05) is 14.2 Å². The van der Waals surface area contributed by atoms with Crippen molar-refractivity contribution in [2.24, 2.45) is 0 Å². The first kappa shape index (κ1) is 22.2. The number of ether oxygens (including phenoxy) is 2. The van der Waals surface area contributed by atoms with E-state index in [4.69, 9.17) is 9.47 Å². The second-order valence-electron chi connectivity index (χ2n) is 8.13. The smallest absolute Gasteiger partial charge is 0.261 e. The van der Waals surface area contributed by atoms with Gasteiger partial charge in [0.15, 0.2) is 6.10 Å². The van der Waals surface area contributed by atoms with E-state index in [2.05, 4.69) is 35.5 Å². The molecular formula is C25H34N2O3. The predicted octanol–water partition coefficient (Wildman–Crippen LogP) is 4.54. The minimum absolute atomic E-state index is 0.124. The van der Waals surface area contributed by atoms with Crippen molar-refractivity contribution >= 4 is 5.91 Å². The molecule has 0 aliphatic heterocycles. The summed E-state index contributed by atoms with van der Waals surface area (Å²) in [4.78, 5) is 15.0. The van der Waals surface area contributed by atoms with Crippen LogP contribution in [-0.2, 0) is 17.9 Å². The van der Waals surface area contributed by atoms with Crippen LogP contribution in [0.5, 0.6) is 11.5 Å². The lowest BCUT2D eigenvalue weighted by Gasteiger charge is -2.31. The van der Waals surface area contributed by atoms with Gasteiger partial charge in [0.05, 0.1) is 7.11 Å². The molecule has 1 saturated carbocycles. The fraction of sp³-hybridized carbons (Fsp3) is 0.480. The third-order valence-corrected chi connectivity index (χ3v) is 5.93. The average molecular weight is 411 g/mol. The van der Waals surface area contributed by atoms with Crippen molar-refractivity contribution in [1.29, 1.82) is 0 Å². The molecule has 0 spiro atoms. The summed E-state index contributed by atoms with van der Waals surface area (Å²) in [5.74, 6) is 1.28. The van der Waals surface area contributed by atoms with E-state index in [9.17, 15) is 4.79 Å². The normalized spacial score (nSPS) is 15.6. The number of carbonyl (C=O) groups is 1. The summed E-state index contributed by atoms with van der Waals surface area (Å²) < 4.78 is 10.9. The molecule has 0 aromatic heterocycles. The molecule has 3 rings (SSSR count). The lowest BCUT2D eigenvalue weighted by atomic mass is 9.94. The van der Waals surface area contributed by atoms with Gasteiger partial charge in [-0.1, -0.05) is 43.5 Å². The highest BCUT2D eigenvalue weighted by Crippen LogP contribution is 2.24. The van der Waals surface area contributed by atoms with Gasteiger partial charge in [0.2, 0.25) is 0 Å². The Kier molecular flexibility index (Phi) is 8.14. The van der Waals surface area contributed by atoms with Crippen LogP contribution in [-0.4, -0.2) is 37.1 Å². The summed E-state index contributed by atoms with van der Waals surface area (Å²) in [6.07, 6.45) is 6.03. The van der Waals surface area contributed by atoms with Crippen molar-refractivity contribution in [2.45, 2.75) is 64.3 Å². The van der Waals surface area contributed by atoms with Gasteiger partial charge < -0.3 is 14.8 Å². The molecule has 1 N–H and O–H groups in total. The summed E-state index contributed by atoms with van der Waals surface area (Å²) in [5.41, 5.74) is 2.43. The molecule has 1 aliphatic carbocycles. The highest BCUT2D eigenvalue weighted by molar-refractivity contribution is 5.80. The Morgan fingerprint density at radius 3 is 2.33 bits per heavy atom. The molecular weight excluding hydrogens is 376 g/mol. The number of hydrogen-bond acceptors (Lipinski definition) is 4. The molecule has 30 heavy (non-hydrogen) atoms. The maximum Gasteiger partial charge on any atom is 0.261 e. The summed E-state index contributed by atoms with van der Waals surface area (Å²) in [7, 11) is 3.84. The van der Waals surface area contributed by atoms with Crippen LogP contribution in [0.3, 0.4) is 0 Å². The van der Waals surface area contributed by atoms with E-state index in [1.54, 1.807) is 26.2 Å². The zero-order valence-corrected chi connectivity index (χ0v) is 18.4. The monoisotopic (exact) mass is 410 g/mol. The van der Waals surface area contributed by atoms with E-state index in [1.807, 2.05) is 18.2 Å². The van der Waals surface area contributed by atoms with Crippen molar-refractivity contribution in [3.8, 4) is 11.5 Å². The van der Waals surface area contributed by atoms with Crippen LogP contribution in [0.4, 0.5) is 0 Å². The lowest BCUT2D eigenvalue weighted by molar-refractivity contribution is -0.127. The number of methoxy groups -OCH3 is 1. The second-order valence-corrected chi connectivity index (χ2v) is 8.13. The van der Waals surface area contributed by atoms with Gasteiger partial charge in [-0.15, -0.1) is 0 Å². The fourth-order valence-electron chi connectivity index (χ4n) is 4.04. The highest BCUT2D eigenvalue weighted by Gasteiger charge is 2.19. The minimum atomic E-state index is -0.574. The van der Waals surface area contributed by atoms with Gasteiger partial charge >= 0.3 is 0 Å². The van der Waals surface area contributed by atoms with Crippen LogP contribution < -0.4 is 14.8 Å². The van der Waals surface area contributed by atoms with Crippen LogP contribution in [0.2, 0.25) is 0 Å². The Labute approximate surface area is 180 Å². The van der Waals surface area contributed by atoms with Gasteiger partial charge in [-0.05, 0) is 62.2 Å². The molecule has 0 radical (unpaired) electrons. The van der Waals surface area contributed by atoms with Crippen LogP contribution in [0, 0.1) is 0 Å². The van der Waals surface area contributed by atoms with E-state index in [1.165, 1.54) is 37.7 Å². The third-order valence-electron chi connectivity index (χ3n) is 5.93. The first-order valence-electron chi connectivity index (χ1n) is 10.9. The molecule has 0 saturated heterocycles. The zero-order chi connectivity index (χ0) is 21.3. The minimum Gasteiger partial charge on any atom is -0.497 e. The Bertz CT molecular complexity index is 800. The second kappa shape index (κ2) is 11.0. The van der Waals surface area contributed by atoms with E-state index in [-0.39, 0.29) is 5.91 Å². The predicted molar refractivity (Wildman–Crippen MR) is 120 cm³/mol. The Balaban J connectivity index is 1.53. The molecule has 1 aliphatic rings.